The van der Waals surface area contributed by atoms with E-state index in [1.54, 1.807) is 30.3 Å². The summed E-state index contributed by atoms with van der Waals surface area (Å²) < 4.78 is 6.99. The molecule has 1 saturated carbocycles. The number of aromatic nitrogens is 5. The fourth-order valence-corrected chi connectivity index (χ4v) is 3.18. The van der Waals surface area contributed by atoms with Crippen LogP contribution in [0.5, 0.6) is 0 Å². The van der Waals surface area contributed by atoms with Gasteiger partial charge in [-0.05, 0) is 25.0 Å². The van der Waals surface area contributed by atoms with E-state index < -0.39 is 17.2 Å². The Morgan fingerprint density at radius 2 is 1.89 bits per heavy atom. The zero-order valence-electron chi connectivity index (χ0n) is 15.2. The molecule has 0 atom stereocenters. The van der Waals surface area contributed by atoms with Gasteiger partial charge in [0.05, 0.1) is 5.69 Å². The molecule has 0 radical (unpaired) electrons. The lowest BCUT2D eigenvalue weighted by molar-refractivity contribution is 0.0893. The Morgan fingerprint density at radius 1 is 1.18 bits per heavy atom. The van der Waals surface area contributed by atoms with Crippen LogP contribution in [0.4, 0.5) is 0 Å². The summed E-state index contributed by atoms with van der Waals surface area (Å²) in [5.74, 6) is -0.885. The largest absolute Gasteiger partial charge is 0.351 e. The first-order chi connectivity index (χ1) is 13.5. The number of nitrogens with zero attached hydrogens (tertiary/aromatic N) is 5. The van der Waals surface area contributed by atoms with Gasteiger partial charge in [-0.1, -0.05) is 36.2 Å². The van der Waals surface area contributed by atoms with E-state index >= 15 is 0 Å². The number of hydrogen-bond donors (Lipinski definition) is 1. The third kappa shape index (κ3) is 3.24. The van der Waals surface area contributed by atoms with Crippen LogP contribution in [0.1, 0.15) is 36.4 Å². The van der Waals surface area contributed by atoms with E-state index in [2.05, 4.69) is 20.6 Å². The molecule has 0 bridgehead atoms. The minimum Gasteiger partial charge on any atom is -0.345 e. The second-order valence-electron chi connectivity index (χ2n) is 6.62. The summed E-state index contributed by atoms with van der Waals surface area (Å²) in [6.07, 6.45) is 3.97. The summed E-state index contributed by atoms with van der Waals surface area (Å²) in [5, 5.41) is 10.7. The van der Waals surface area contributed by atoms with E-state index in [0.29, 0.717) is 5.69 Å². The highest BCUT2D eigenvalue weighted by Gasteiger charge is 2.24. The maximum absolute atomic E-state index is 12.5. The molecule has 2 heterocycles. The van der Waals surface area contributed by atoms with Gasteiger partial charge in [-0.3, -0.25) is 14.2 Å². The first kappa shape index (κ1) is 17.8. The summed E-state index contributed by atoms with van der Waals surface area (Å²) in [4.78, 5) is 41.2. The summed E-state index contributed by atoms with van der Waals surface area (Å²) in [5.41, 5.74) is -0.995. The number of carbonyl (C=O) groups is 1. The monoisotopic (exact) mass is 382 g/mol. The van der Waals surface area contributed by atoms with Crippen LogP contribution in [0.2, 0.25) is 0 Å². The van der Waals surface area contributed by atoms with E-state index in [-0.39, 0.29) is 23.5 Å². The Bertz CT molecular complexity index is 1120. The Balaban J connectivity index is 1.71. The molecule has 1 aliphatic carbocycles. The van der Waals surface area contributed by atoms with Crippen LogP contribution >= 0.6 is 0 Å². The molecule has 1 amide bonds. The highest BCUT2D eigenvalue weighted by molar-refractivity contribution is 5.90. The molecule has 1 fully saturated rings. The molecule has 0 unspecified atom stereocenters. The Kier molecular flexibility index (Phi) is 4.60. The van der Waals surface area contributed by atoms with Gasteiger partial charge in [0.1, 0.15) is 0 Å². The van der Waals surface area contributed by atoms with Gasteiger partial charge in [-0.15, -0.1) is 0 Å². The molecule has 1 aromatic carbocycles. The van der Waals surface area contributed by atoms with E-state index in [4.69, 9.17) is 4.52 Å². The molecule has 2 aromatic heterocycles. The maximum atomic E-state index is 12.5. The van der Waals surface area contributed by atoms with Crippen LogP contribution in [-0.2, 0) is 7.05 Å². The van der Waals surface area contributed by atoms with Gasteiger partial charge >= 0.3 is 17.5 Å². The number of hydrogen-bond acceptors (Lipinski definition) is 7. The molecule has 10 nitrogen and oxygen atoms in total. The van der Waals surface area contributed by atoms with Gasteiger partial charge in [0.15, 0.2) is 5.69 Å². The van der Waals surface area contributed by atoms with Crippen molar-refractivity contribution in [2.75, 3.05) is 0 Å². The van der Waals surface area contributed by atoms with Crippen LogP contribution in [0, 0.1) is 0 Å². The normalized spacial score (nSPS) is 14.3. The van der Waals surface area contributed by atoms with E-state index in [9.17, 15) is 14.4 Å². The van der Waals surface area contributed by atoms with Crippen LogP contribution in [0.3, 0.4) is 0 Å². The molecular weight excluding hydrogens is 364 g/mol. The van der Waals surface area contributed by atoms with Crippen LogP contribution in [-0.4, -0.2) is 36.4 Å². The Hall–Kier alpha value is -3.56. The van der Waals surface area contributed by atoms with Crippen molar-refractivity contribution in [3.05, 3.63) is 57.1 Å². The topological polar surface area (TPSA) is 125 Å². The lowest BCUT2D eigenvalue weighted by atomic mass is 10.2. The maximum Gasteiger partial charge on any atom is 0.351 e. The number of benzene rings is 1. The fourth-order valence-electron chi connectivity index (χ4n) is 3.18. The van der Waals surface area contributed by atoms with Crippen molar-refractivity contribution in [2.45, 2.75) is 31.7 Å². The Morgan fingerprint density at radius 3 is 2.61 bits per heavy atom. The minimum atomic E-state index is -0.680. The molecule has 1 aliphatic rings. The zero-order valence-corrected chi connectivity index (χ0v) is 15.2. The molecule has 4 rings (SSSR count). The predicted molar refractivity (Wildman–Crippen MR) is 98.1 cm³/mol. The fraction of sp³-hybridized carbons (Fsp3) is 0.333. The van der Waals surface area contributed by atoms with Gasteiger partial charge in [-0.25, -0.2) is 4.79 Å². The van der Waals surface area contributed by atoms with Crippen molar-refractivity contribution in [2.24, 2.45) is 7.05 Å². The first-order valence-corrected chi connectivity index (χ1v) is 8.95. The first-order valence-electron chi connectivity index (χ1n) is 8.95. The molecule has 0 saturated heterocycles. The quantitative estimate of drug-likeness (QED) is 0.702. The molecule has 10 heteroatoms. The predicted octanol–water partition coefficient (Wildman–Crippen LogP) is 0.654. The van der Waals surface area contributed by atoms with Crippen LogP contribution < -0.4 is 16.6 Å². The van der Waals surface area contributed by atoms with Crippen molar-refractivity contribution in [3.63, 3.8) is 0 Å². The summed E-state index contributed by atoms with van der Waals surface area (Å²) in [6, 6.07) is 8.74. The highest BCUT2D eigenvalue weighted by Crippen LogP contribution is 2.18. The van der Waals surface area contributed by atoms with Crippen molar-refractivity contribution >= 4 is 5.91 Å². The van der Waals surface area contributed by atoms with E-state index in [0.717, 1.165) is 34.9 Å². The van der Waals surface area contributed by atoms with E-state index in [1.807, 2.05) is 0 Å². The third-order valence-corrected chi connectivity index (χ3v) is 4.70. The van der Waals surface area contributed by atoms with Crippen LogP contribution in [0.15, 0.2) is 44.4 Å². The molecule has 1 N–H and O–H groups in total. The number of nitrogens with one attached hydrogen (secondary N) is 1. The molecule has 144 valence electrons. The molecule has 3 aromatic rings. The summed E-state index contributed by atoms with van der Waals surface area (Å²) in [6.45, 7) is 0. The SMILES string of the molecule is Cn1c(=O)c(-c2noc(C(=O)NC3CCCC3)n2)nn(-c2ccccc2)c1=O. The van der Waals surface area contributed by atoms with Crippen molar-refractivity contribution in [1.82, 2.24) is 29.8 Å². The summed E-state index contributed by atoms with van der Waals surface area (Å²) >= 11 is 0. The van der Waals surface area contributed by atoms with Gasteiger partial charge < -0.3 is 9.84 Å². The third-order valence-electron chi connectivity index (χ3n) is 4.70. The lowest BCUT2D eigenvalue weighted by Gasteiger charge is -2.08. The Labute approximate surface area is 158 Å². The highest BCUT2D eigenvalue weighted by atomic mass is 16.5. The second kappa shape index (κ2) is 7.22. The number of rotatable bonds is 4. The number of amides is 1. The molecular formula is C18H18N6O4. The smallest absolute Gasteiger partial charge is 0.345 e. The van der Waals surface area contributed by atoms with Crippen LogP contribution in [0.25, 0.3) is 17.2 Å². The van der Waals surface area contributed by atoms with Crippen molar-refractivity contribution in [3.8, 4) is 17.2 Å². The average molecular weight is 382 g/mol. The van der Waals surface area contributed by atoms with Gasteiger partial charge in [0.2, 0.25) is 5.82 Å². The second-order valence-corrected chi connectivity index (χ2v) is 6.62. The van der Waals surface area contributed by atoms with Crippen molar-refractivity contribution in [1.29, 1.82) is 0 Å². The molecule has 28 heavy (non-hydrogen) atoms. The van der Waals surface area contributed by atoms with Gasteiger partial charge in [-0.2, -0.15) is 14.8 Å². The lowest BCUT2D eigenvalue weighted by Crippen LogP contribution is -2.40. The number of carbonyl (C=O) groups excluding carboxylic acids is 1. The zero-order chi connectivity index (χ0) is 19.7. The van der Waals surface area contributed by atoms with Crippen molar-refractivity contribution < 1.29 is 9.32 Å². The minimum absolute atomic E-state index is 0.0915. The molecule has 0 spiro atoms. The van der Waals surface area contributed by atoms with Gasteiger partial charge in [0.25, 0.3) is 5.56 Å². The van der Waals surface area contributed by atoms with E-state index in [1.165, 1.54) is 7.05 Å². The standard InChI is InChI=1S/C18H18N6O4/c1-23-17(26)13(21-24(18(23)27)12-9-3-2-4-10-12)14-20-16(28-22-14)15(25)19-11-7-5-6-8-11/h2-4,9-11H,5-8H2,1H3,(H,19,25). The average Bonchev–Trinajstić information content (AvgIpc) is 3.39. The summed E-state index contributed by atoms with van der Waals surface area (Å²) in [7, 11) is 1.34. The van der Waals surface area contributed by atoms with Gasteiger partial charge in [0, 0.05) is 13.1 Å². The molecule has 0 aliphatic heterocycles. The number of para-hydroxylation sites is 1.